The molecule has 2 aliphatic heterocycles. The second-order valence-corrected chi connectivity index (χ2v) is 8.64. The fourth-order valence-corrected chi connectivity index (χ4v) is 5.40. The Morgan fingerprint density at radius 2 is 2.25 bits per heavy atom. The molecule has 2 unspecified atom stereocenters. The van der Waals surface area contributed by atoms with Gasteiger partial charge in [-0.1, -0.05) is 0 Å². The first kappa shape index (κ1) is 15.8. The van der Waals surface area contributed by atoms with Crippen molar-refractivity contribution in [2.75, 3.05) is 32.8 Å². The molecule has 3 heterocycles. The molecule has 2 aromatic rings. The summed E-state index contributed by atoms with van der Waals surface area (Å²) < 4.78 is 33.8. The molecule has 24 heavy (non-hydrogen) atoms. The van der Waals surface area contributed by atoms with E-state index in [2.05, 4.69) is 5.32 Å². The average molecular weight is 353 g/mol. The molecule has 0 saturated carbocycles. The van der Waals surface area contributed by atoms with Crippen molar-refractivity contribution in [3.8, 4) is 0 Å². The summed E-state index contributed by atoms with van der Waals surface area (Å²) in [5, 5.41) is 13.0. The van der Waals surface area contributed by atoms with Crippen LogP contribution in [0.25, 0.3) is 11.1 Å². The summed E-state index contributed by atoms with van der Waals surface area (Å²) in [6.07, 6.45) is 0. The Morgan fingerprint density at radius 3 is 2.96 bits per heavy atom. The van der Waals surface area contributed by atoms with E-state index >= 15 is 0 Å². The van der Waals surface area contributed by atoms with Gasteiger partial charge in [-0.15, -0.1) is 0 Å². The number of hydrogen-bond acceptors (Lipinski definition) is 6. The van der Waals surface area contributed by atoms with Crippen molar-refractivity contribution in [3.05, 3.63) is 28.7 Å². The zero-order valence-electron chi connectivity index (χ0n) is 13.2. The molecule has 9 heteroatoms. The monoisotopic (exact) mass is 353 g/mol. The lowest BCUT2D eigenvalue weighted by Crippen LogP contribution is -2.37. The van der Waals surface area contributed by atoms with E-state index in [9.17, 15) is 18.3 Å². The number of hydrogen-bond donors (Lipinski definition) is 2. The molecule has 0 aliphatic carbocycles. The lowest BCUT2D eigenvalue weighted by atomic mass is 9.82. The minimum atomic E-state index is -3.70. The highest BCUT2D eigenvalue weighted by Gasteiger charge is 2.52. The first-order chi connectivity index (χ1) is 11.4. The molecule has 2 N–H and O–H groups in total. The lowest BCUT2D eigenvalue weighted by Gasteiger charge is -2.25. The Bertz CT molecular complexity index is 963. The van der Waals surface area contributed by atoms with E-state index in [1.165, 1.54) is 21.0 Å². The van der Waals surface area contributed by atoms with Gasteiger partial charge in [0, 0.05) is 38.2 Å². The summed E-state index contributed by atoms with van der Waals surface area (Å²) in [5.74, 6) is -0.420. The van der Waals surface area contributed by atoms with Crippen LogP contribution >= 0.6 is 0 Å². The highest BCUT2D eigenvalue weighted by Crippen LogP contribution is 2.40. The molecule has 4 rings (SSSR count). The third-order valence-corrected chi connectivity index (χ3v) is 7.17. The van der Waals surface area contributed by atoms with Gasteiger partial charge in [0.25, 0.3) is 0 Å². The number of fused-ring (bicyclic) bond motifs is 2. The number of rotatable bonds is 3. The fourth-order valence-electron chi connectivity index (χ4n) is 3.80. The Hall–Kier alpha value is -1.68. The average Bonchev–Trinajstić information content (AvgIpc) is 3.19. The van der Waals surface area contributed by atoms with Crippen molar-refractivity contribution >= 4 is 21.1 Å². The smallest absolute Gasteiger partial charge is 0.408 e. The highest BCUT2D eigenvalue weighted by molar-refractivity contribution is 7.89. The predicted octanol–water partition coefficient (Wildman–Crippen LogP) is -0.666. The topological polar surface area (TPSA) is 105 Å². The van der Waals surface area contributed by atoms with E-state index in [1.54, 1.807) is 13.1 Å². The van der Waals surface area contributed by atoms with Crippen LogP contribution in [0.3, 0.4) is 0 Å². The molecule has 2 saturated heterocycles. The normalized spacial score (nSPS) is 27.8. The van der Waals surface area contributed by atoms with Crippen LogP contribution in [0.1, 0.15) is 0 Å². The molecule has 2 atom stereocenters. The van der Waals surface area contributed by atoms with Crippen LogP contribution in [-0.4, -0.2) is 55.2 Å². The molecule has 2 aliphatic rings. The Labute approximate surface area is 138 Å². The van der Waals surface area contributed by atoms with E-state index in [0.29, 0.717) is 31.7 Å². The van der Waals surface area contributed by atoms with Crippen molar-refractivity contribution in [2.24, 2.45) is 18.4 Å². The highest BCUT2D eigenvalue weighted by atomic mass is 32.2. The third-order valence-electron chi connectivity index (χ3n) is 5.37. The number of aryl methyl sites for hydroxylation is 1. The number of sulfonamides is 1. The third kappa shape index (κ3) is 2.08. The summed E-state index contributed by atoms with van der Waals surface area (Å²) in [6, 6.07) is 4.46. The largest absolute Gasteiger partial charge is 0.419 e. The summed E-state index contributed by atoms with van der Waals surface area (Å²) >= 11 is 0. The number of aliphatic hydroxyl groups is 1. The first-order valence-electron chi connectivity index (χ1n) is 7.79. The quantitative estimate of drug-likeness (QED) is 0.759. The van der Waals surface area contributed by atoms with Crippen LogP contribution in [0.15, 0.2) is 32.3 Å². The Balaban J connectivity index is 1.72. The van der Waals surface area contributed by atoms with E-state index < -0.39 is 21.2 Å². The molecule has 130 valence electrons. The van der Waals surface area contributed by atoms with Gasteiger partial charge in [-0.05, 0) is 24.6 Å². The molecule has 8 nitrogen and oxygen atoms in total. The molecule has 0 amide bonds. The van der Waals surface area contributed by atoms with Gasteiger partial charge in [0.05, 0.1) is 17.0 Å². The van der Waals surface area contributed by atoms with Crippen LogP contribution in [0.4, 0.5) is 0 Å². The van der Waals surface area contributed by atoms with Crippen molar-refractivity contribution in [1.29, 1.82) is 0 Å². The van der Waals surface area contributed by atoms with Crippen LogP contribution < -0.4 is 11.1 Å². The van der Waals surface area contributed by atoms with Crippen molar-refractivity contribution in [3.63, 3.8) is 0 Å². The summed E-state index contributed by atoms with van der Waals surface area (Å²) in [4.78, 5) is 11.7. The number of oxazole rings is 1. The lowest BCUT2D eigenvalue weighted by molar-refractivity contribution is 0.130. The van der Waals surface area contributed by atoms with Crippen LogP contribution in [0.2, 0.25) is 0 Å². The minimum absolute atomic E-state index is 0.0384. The second kappa shape index (κ2) is 5.16. The van der Waals surface area contributed by atoms with Gasteiger partial charge in [0.15, 0.2) is 5.58 Å². The number of nitrogens with one attached hydrogen (secondary N) is 1. The first-order valence-corrected chi connectivity index (χ1v) is 9.23. The summed E-state index contributed by atoms with van der Waals surface area (Å²) in [7, 11) is -2.13. The van der Waals surface area contributed by atoms with E-state index in [1.807, 2.05) is 0 Å². The Morgan fingerprint density at radius 1 is 1.46 bits per heavy atom. The fraction of sp³-hybridized carbons (Fsp3) is 0.533. The molecule has 1 aromatic carbocycles. The number of aliphatic hydroxyl groups excluding tert-OH is 1. The maximum absolute atomic E-state index is 13.0. The predicted molar refractivity (Wildman–Crippen MR) is 86.1 cm³/mol. The summed E-state index contributed by atoms with van der Waals surface area (Å²) in [6.45, 7) is 1.96. The molecule has 1 aromatic heterocycles. The molecular weight excluding hydrogens is 334 g/mol. The van der Waals surface area contributed by atoms with Gasteiger partial charge in [-0.3, -0.25) is 4.57 Å². The second-order valence-electron chi connectivity index (χ2n) is 6.70. The van der Waals surface area contributed by atoms with Crippen molar-refractivity contribution < 1.29 is 17.9 Å². The molecule has 2 fully saturated rings. The van der Waals surface area contributed by atoms with Gasteiger partial charge in [-0.2, -0.15) is 4.31 Å². The van der Waals surface area contributed by atoms with E-state index in [-0.39, 0.29) is 23.0 Å². The summed E-state index contributed by atoms with van der Waals surface area (Å²) in [5.41, 5.74) is 0.394. The van der Waals surface area contributed by atoms with Gasteiger partial charge in [-0.25, -0.2) is 13.2 Å². The number of nitrogens with zero attached hydrogens (tertiary/aromatic N) is 2. The molecule has 0 spiro atoms. The zero-order chi connectivity index (χ0) is 17.1. The van der Waals surface area contributed by atoms with Gasteiger partial charge in [0.2, 0.25) is 10.0 Å². The standard InChI is InChI=1S/C15H19N3O5S/c1-17-12-3-2-11(4-13(12)23-14(17)20)24(21,22)18-6-10-5-16-7-15(10,8-18)9-19/h2-4,10,16,19H,5-9H2,1H3. The molecule has 0 radical (unpaired) electrons. The van der Waals surface area contributed by atoms with Crippen LogP contribution in [0, 0.1) is 11.3 Å². The van der Waals surface area contributed by atoms with E-state index in [0.717, 1.165) is 0 Å². The molecular formula is C15H19N3O5S. The maximum Gasteiger partial charge on any atom is 0.419 e. The van der Waals surface area contributed by atoms with Crippen molar-refractivity contribution in [2.45, 2.75) is 4.90 Å². The zero-order valence-corrected chi connectivity index (χ0v) is 14.0. The van der Waals surface area contributed by atoms with E-state index in [4.69, 9.17) is 4.42 Å². The number of benzene rings is 1. The van der Waals surface area contributed by atoms with Crippen LogP contribution in [-0.2, 0) is 17.1 Å². The van der Waals surface area contributed by atoms with Gasteiger partial charge in [0.1, 0.15) is 0 Å². The van der Waals surface area contributed by atoms with Crippen molar-refractivity contribution in [1.82, 2.24) is 14.2 Å². The SMILES string of the molecule is Cn1c(=O)oc2cc(S(=O)(=O)N3CC4CNCC4(CO)C3)ccc21. The minimum Gasteiger partial charge on any atom is -0.408 e. The van der Waals surface area contributed by atoms with Crippen LogP contribution in [0.5, 0.6) is 0 Å². The molecule has 0 bridgehead atoms. The number of aromatic nitrogens is 1. The Kier molecular flexibility index (Phi) is 3.40. The van der Waals surface area contributed by atoms with Gasteiger partial charge >= 0.3 is 5.76 Å². The maximum atomic E-state index is 13.0. The van der Waals surface area contributed by atoms with Gasteiger partial charge < -0.3 is 14.8 Å².